The van der Waals surface area contributed by atoms with Crippen molar-refractivity contribution in [2.75, 3.05) is 6.61 Å². The molecule has 20 heavy (non-hydrogen) atoms. The van der Waals surface area contributed by atoms with Crippen LogP contribution in [0.4, 0.5) is 0 Å². The van der Waals surface area contributed by atoms with E-state index in [0.717, 1.165) is 31.2 Å². The van der Waals surface area contributed by atoms with Gasteiger partial charge in [0.1, 0.15) is 0 Å². The summed E-state index contributed by atoms with van der Waals surface area (Å²) < 4.78 is 0. The van der Waals surface area contributed by atoms with Crippen LogP contribution in [0.5, 0.6) is 0 Å². The van der Waals surface area contributed by atoms with Crippen molar-refractivity contribution in [3.8, 4) is 0 Å². The average molecular weight is 275 g/mol. The van der Waals surface area contributed by atoms with Gasteiger partial charge in [0.05, 0.1) is 12.6 Å². The van der Waals surface area contributed by atoms with Crippen LogP contribution in [0.1, 0.15) is 44.1 Å². The molecule has 0 radical (unpaired) electrons. The summed E-state index contributed by atoms with van der Waals surface area (Å²) in [5, 5.41) is 12.5. The predicted molar refractivity (Wildman–Crippen MR) is 80.4 cm³/mol. The van der Waals surface area contributed by atoms with Gasteiger partial charge in [0.25, 0.3) is 0 Å². The van der Waals surface area contributed by atoms with Gasteiger partial charge in [0.15, 0.2) is 0 Å². The minimum absolute atomic E-state index is 0.00659. The van der Waals surface area contributed by atoms with Gasteiger partial charge in [0, 0.05) is 5.92 Å². The van der Waals surface area contributed by atoms with Crippen molar-refractivity contribution in [2.45, 2.75) is 51.0 Å². The molecule has 1 fully saturated rings. The number of carbonyl (C=O) groups excluding carboxylic acids is 1. The lowest BCUT2D eigenvalue weighted by molar-refractivity contribution is -0.126. The number of benzene rings is 1. The minimum atomic E-state index is -0.173. The summed E-state index contributed by atoms with van der Waals surface area (Å²) in [5.41, 5.74) is 1.15. The highest BCUT2D eigenvalue weighted by Crippen LogP contribution is 2.23. The summed E-state index contributed by atoms with van der Waals surface area (Å²) in [6.45, 7) is -0.00659. The quantitative estimate of drug-likeness (QED) is 0.812. The second kappa shape index (κ2) is 8.05. The van der Waals surface area contributed by atoms with E-state index < -0.39 is 0 Å². The molecule has 1 aromatic carbocycles. The fourth-order valence-corrected chi connectivity index (χ4v) is 2.92. The topological polar surface area (TPSA) is 49.3 Å². The SMILES string of the molecule is O=C(NC(CO)Cc1ccccc1)C1CCCCCC1. The smallest absolute Gasteiger partial charge is 0.223 e. The maximum absolute atomic E-state index is 12.3. The summed E-state index contributed by atoms with van der Waals surface area (Å²) in [5.74, 6) is 0.268. The Balaban J connectivity index is 1.87. The first-order chi connectivity index (χ1) is 9.79. The van der Waals surface area contributed by atoms with Crippen LogP contribution >= 0.6 is 0 Å². The van der Waals surface area contributed by atoms with Crippen LogP contribution in [-0.4, -0.2) is 23.7 Å². The van der Waals surface area contributed by atoms with E-state index in [1.54, 1.807) is 0 Å². The van der Waals surface area contributed by atoms with Gasteiger partial charge in [-0.05, 0) is 24.8 Å². The van der Waals surface area contributed by atoms with E-state index in [0.29, 0.717) is 6.42 Å². The third-order valence-electron chi connectivity index (χ3n) is 4.12. The van der Waals surface area contributed by atoms with Gasteiger partial charge < -0.3 is 10.4 Å². The Labute approximate surface area is 121 Å². The van der Waals surface area contributed by atoms with Gasteiger partial charge >= 0.3 is 0 Å². The molecule has 1 atom stereocenters. The van der Waals surface area contributed by atoms with Crippen molar-refractivity contribution in [2.24, 2.45) is 5.92 Å². The van der Waals surface area contributed by atoms with Crippen molar-refractivity contribution in [3.05, 3.63) is 35.9 Å². The summed E-state index contributed by atoms with van der Waals surface area (Å²) in [4.78, 5) is 12.3. The monoisotopic (exact) mass is 275 g/mol. The molecular formula is C17H25NO2. The standard InChI is InChI=1S/C17H25NO2/c19-13-16(12-14-8-4-3-5-9-14)18-17(20)15-10-6-1-2-7-11-15/h3-5,8-9,15-16,19H,1-2,6-7,10-13H2,(H,18,20). The number of hydrogen-bond acceptors (Lipinski definition) is 2. The van der Waals surface area contributed by atoms with E-state index in [1.807, 2.05) is 30.3 Å². The molecule has 0 saturated heterocycles. The van der Waals surface area contributed by atoms with Gasteiger partial charge in [-0.2, -0.15) is 0 Å². The fraction of sp³-hybridized carbons (Fsp3) is 0.588. The first kappa shape index (κ1) is 15.0. The van der Waals surface area contributed by atoms with Crippen LogP contribution < -0.4 is 5.32 Å². The largest absolute Gasteiger partial charge is 0.394 e. The molecule has 0 heterocycles. The Bertz CT molecular complexity index is 397. The third kappa shape index (κ3) is 4.64. The molecule has 2 N–H and O–H groups in total. The fourth-order valence-electron chi connectivity index (χ4n) is 2.92. The van der Waals surface area contributed by atoms with Gasteiger partial charge in [-0.25, -0.2) is 0 Å². The molecule has 1 aliphatic rings. The molecule has 0 spiro atoms. The molecule has 1 aliphatic carbocycles. The molecule has 0 aromatic heterocycles. The Morgan fingerprint density at radius 1 is 1.15 bits per heavy atom. The molecule has 0 bridgehead atoms. The van der Waals surface area contributed by atoms with E-state index in [9.17, 15) is 9.90 Å². The minimum Gasteiger partial charge on any atom is -0.394 e. The zero-order valence-corrected chi connectivity index (χ0v) is 12.1. The molecule has 0 aliphatic heterocycles. The maximum atomic E-state index is 12.3. The van der Waals surface area contributed by atoms with Crippen molar-refractivity contribution in [3.63, 3.8) is 0 Å². The number of nitrogens with one attached hydrogen (secondary N) is 1. The third-order valence-corrected chi connectivity index (χ3v) is 4.12. The Hall–Kier alpha value is -1.35. The number of amides is 1. The van der Waals surface area contributed by atoms with Crippen LogP contribution in [0.15, 0.2) is 30.3 Å². The number of hydrogen-bond donors (Lipinski definition) is 2. The highest BCUT2D eigenvalue weighted by Gasteiger charge is 2.22. The lowest BCUT2D eigenvalue weighted by atomic mass is 9.98. The first-order valence-corrected chi connectivity index (χ1v) is 7.74. The van der Waals surface area contributed by atoms with Gasteiger partial charge in [0.2, 0.25) is 5.91 Å². The molecule has 1 amide bonds. The number of aliphatic hydroxyl groups excluding tert-OH is 1. The zero-order chi connectivity index (χ0) is 14.2. The summed E-state index contributed by atoms with van der Waals surface area (Å²) in [7, 11) is 0. The first-order valence-electron chi connectivity index (χ1n) is 7.74. The van der Waals surface area contributed by atoms with Crippen molar-refractivity contribution in [1.82, 2.24) is 5.32 Å². The number of aliphatic hydroxyl groups is 1. The molecule has 1 aromatic rings. The molecule has 1 saturated carbocycles. The average Bonchev–Trinajstić information content (AvgIpc) is 2.76. The second-order valence-electron chi connectivity index (χ2n) is 5.77. The summed E-state index contributed by atoms with van der Waals surface area (Å²) in [6, 6.07) is 9.82. The van der Waals surface area contributed by atoms with Crippen LogP contribution in [0.25, 0.3) is 0 Å². The molecule has 1 unspecified atom stereocenters. The van der Waals surface area contributed by atoms with Gasteiger partial charge in [-0.1, -0.05) is 56.0 Å². The molecular weight excluding hydrogens is 250 g/mol. The molecule has 3 heteroatoms. The predicted octanol–water partition coefficient (Wildman–Crippen LogP) is 2.68. The zero-order valence-electron chi connectivity index (χ0n) is 12.1. The van der Waals surface area contributed by atoms with E-state index in [2.05, 4.69) is 5.32 Å². The number of rotatable bonds is 5. The van der Waals surface area contributed by atoms with Crippen molar-refractivity contribution < 1.29 is 9.90 Å². The number of carbonyl (C=O) groups is 1. The molecule has 2 rings (SSSR count). The van der Waals surface area contributed by atoms with Crippen LogP contribution in [0.2, 0.25) is 0 Å². The van der Waals surface area contributed by atoms with Crippen LogP contribution in [0.3, 0.4) is 0 Å². The van der Waals surface area contributed by atoms with Gasteiger partial charge in [-0.15, -0.1) is 0 Å². The highest BCUT2D eigenvalue weighted by molar-refractivity contribution is 5.79. The van der Waals surface area contributed by atoms with Crippen LogP contribution in [-0.2, 0) is 11.2 Å². The normalized spacial score (nSPS) is 18.2. The van der Waals surface area contributed by atoms with Crippen molar-refractivity contribution in [1.29, 1.82) is 0 Å². The molecule has 110 valence electrons. The maximum Gasteiger partial charge on any atom is 0.223 e. The van der Waals surface area contributed by atoms with E-state index in [4.69, 9.17) is 0 Å². The summed E-state index contributed by atoms with van der Waals surface area (Å²) >= 11 is 0. The van der Waals surface area contributed by atoms with E-state index in [-0.39, 0.29) is 24.5 Å². The Kier molecular flexibility index (Phi) is 6.06. The van der Waals surface area contributed by atoms with E-state index >= 15 is 0 Å². The van der Waals surface area contributed by atoms with E-state index in [1.165, 1.54) is 12.8 Å². The van der Waals surface area contributed by atoms with Crippen LogP contribution in [0, 0.1) is 5.92 Å². The summed E-state index contributed by atoms with van der Waals surface area (Å²) in [6.07, 6.45) is 7.48. The second-order valence-corrected chi connectivity index (χ2v) is 5.77. The van der Waals surface area contributed by atoms with Gasteiger partial charge in [-0.3, -0.25) is 4.79 Å². The lowest BCUT2D eigenvalue weighted by Crippen LogP contribution is -2.42. The molecule has 3 nitrogen and oxygen atoms in total. The Morgan fingerprint density at radius 3 is 2.40 bits per heavy atom. The lowest BCUT2D eigenvalue weighted by Gasteiger charge is -2.20. The Morgan fingerprint density at radius 2 is 1.80 bits per heavy atom. The van der Waals surface area contributed by atoms with Crippen molar-refractivity contribution >= 4 is 5.91 Å². The highest BCUT2D eigenvalue weighted by atomic mass is 16.3.